The molecule has 1 radical (unpaired) electrons. The molecular weight excluding hydrogens is 764 g/mol. The molecule has 0 bridgehead atoms. The zero-order valence-electron chi connectivity index (χ0n) is 36.1. The number of methoxy groups -OCH3 is 1. The third-order valence-electron chi connectivity index (χ3n) is 14.3. The number of nitrogens with one attached hydrogen (secondary N) is 1. The van der Waals surface area contributed by atoms with Gasteiger partial charge in [-0.05, 0) is 88.5 Å². The van der Waals surface area contributed by atoms with E-state index in [-0.39, 0.29) is 84.1 Å². The Kier molecular flexibility index (Phi) is 15.2. The Labute approximate surface area is 365 Å². The number of halogens is 1. The van der Waals surface area contributed by atoms with E-state index < -0.39 is 71.0 Å². The number of aliphatic carboxylic acids is 1. The topological polar surface area (TPSA) is 171 Å². The van der Waals surface area contributed by atoms with Crippen LogP contribution in [0.15, 0.2) is 24.3 Å². The van der Waals surface area contributed by atoms with Crippen molar-refractivity contribution in [3.63, 3.8) is 0 Å². The van der Waals surface area contributed by atoms with E-state index in [0.29, 0.717) is 37.8 Å². The monoisotopic (exact) mass is 830 g/mol. The van der Waals surface area contributed by atoms with E-state index in [2.05, 4.69) is 33.0 Å². The Morgan fingerprint density at radius 2 is 1.71 bits per heavy atom. The van der Waals surface area contributed by atoms with Crippen molar-refractivity contribution in [2.24, 2.45) is 35.5 Å². The normalized spacial score (nSPS) is 43.0. The molecule has 1 spiro atoms. The Morgan fingerprint density at radius 1 is 1.02 bits per heavy atom. The molecule has 5 fully saturated rings. The predicted octanol–water partition coefficient (Wildman–Crippen LogP) is 6.29. The van der Waals surface area contributed by atoms with E-state index in [1.54, 1.807) is 6.92 Å². The van der Waals surface area contributed by atoms with Gasteiger partial charge in [-0.1, -0.05) is 41.5 Å². The van der Waals surface area contributed by atoms with Crippen LogP contribution < -0.4 is 5.32 Å². The molecule has 15 heteroatoms. The number of aliphatic hydroxyl groups excluding tert-OH is 1. The minimum absolute atomic E-state index is 0. The van der Waals surface area contributed by atoms with Crippen molar-refractivity contribution in [3.05, 3.63) is 30.1 Å². The maximum absolute atomic E-state index is 13.3. The van der Waals surface area contributed by atoms with Crippen LogP contribution in [-0.4, -0.2) is 136 Å². The summed E-state index contributed by atoms with van der Waals surface area (Å²) in [4.78, 5) is 24.5. The molecule has 0 saturated carbocycles. The van der Waals surface area contributed by atoms with Gasteiger partial charge in [-0.15, -0.1) is 0 Å². The minimum Gasteiger partial charge on any atom is -0.481 e. The van der Waals surface area contributed by atoms with Gasteiger partial charge in [0, 0.05) is 72.9 Å². The smallest absolute Gasteiger partial charge is 0.411 e. The van der Waals surface area contributed by atoms with E-state index in [1.165, 1.54) is 31.4 Å². The molecule has 13 nitrogen and oxygen atoms in total. The number of carbonyl (C=O) groups is 2. The van der Waals surface area contributed by atoms with Crippen molar-refractivity contribution in [1.29, 1.82) is 0 Å². The molecule has 5 aliphatic rings. The van der Waals surface area contributed by atoms with Crippen LogP contribution in [-0.2, 0) is 38.0 Å². The van der Waals surface area contributed by atoms with Crippen LogP contribution in [0.5, 0.6) is 0 Å². The second-order valence-electron chi connectivity index (χ2n) is 18.3. The van der Waals surface area contributed by atoms with Gasteiger partial charge in [0.1, 0.15) is 12.4 Å². The molecule has 1 amide bonds. The molecule has 17 unspecified atom stereocenters. The summed E-state index contributed by atoms with van der Waals surface area (Å²) in [6.07, 6.45) is 1.27. The fourth-order valence-corrected chi connectivity index (χ4v) is 10.8. The summed E-state index contributed by atoms with van der Waals surface area (Å²) in [7, 11) is 1.51. The molecule has 58 heavy (non-hydrogen) atoms. The molecular formula is C43H66FNNaO12. The molecule has 17 atom stereocenters. The van der Waals surface area contributed by atoms with Crippen molar-refractivity contribution in [1.82, 2.24) is 0 Å². The Bertz CT molecular complexity index is 1580. The first-order valence-corrected chi connectivity index (χ1v) is 21.0. The van der Waals surface area contributed by atoms with Gasteiger partial charge in [0.05, 0.1) is 59.8 Å². The summed E-state index contributed by atoms with van der Waals surface area (Å²) in [6, 6.07) is 5.31. The molecule has 1 aromatic rings. The van der Waals surface area contributed by atoms with E-state index >= 15 is 0 Å². The quantitative estimate of drug-likeness (QED) is 0.174. The Balaban J connectivity index is 0.00000641. The number of ether oxygens (including phenoxy) is 7. The predicted molar refractivity (Wildman–Crippen MR) is 212 cm³/mol. The van der Waals surface area contributed by atoms with Crippen molar-refractivity contribution < 1.29 is 62.5 Å². The number of carboxylic acids is 1. The average molecular weight is 831 g/mol. The van der Waals surface area contributed by atoms with Crippen LogP contribution in [0.1, 0.15) is 107 Å². The number of benzene rings is 1. The Hall–Kier alpha value is -1.43. The SMILES string of the molecule is CCC1(C2OC(C3OC(O)(COC(=O)Nc4ccc(F)cc4)C(C)CC3C)CC2C)CCC(C2(C)CCC3(CC(O)C(C)C(C(C)C(OC)C(C)C(=O)O)O3)O2)O1.[Na]. The van der Waals surface area contributed by atoms with Crippen molar-refractivity contribution >= 4 is 47.3 Å². The summed E-state index contributed by atoms with van der Waals surface area (Å²) in [6.45, 7) is 15.4. The van der Waals surface area contributed by atoms with Crippen LogP contribution in [0.4, 0.5) is 14.9 Å². The number of hydrogen-bond donors (Lipinski definition) is 4. The molecule has 4 N–H and O–H groups in total. The number of carbonyl (C=O) groups excluding carboxylic acids is 1. The zero-order valence-corrected chi connectivity index (χ0v) is 38.1. The fourth-order valence-electron chi connectivity index (χ4n) is 10.8. The van der Waals surface area contributed by atoms with Crippen LogP contribution in [0.25, 0.3) is 0 Å². The summed E-state index contributed by atoms with van der Waals surface area (Å²) in [5, 5.41) is 35.3. The Morgan fingerprint density at radius 3 is 2.34 bits per heavy atom. The first-order chi connectivity index (χ1) is 26.8. The number of anilines is 1. The molecule has 1 aromatic carbocycles. The van der Waals surface area contributed by atoms with Crippen LogP contribution >= 0.6 is 0 Å². The van der Waals surface area contributed by atoms with E-state index in [1.807, 2.05) is 20.8 Å². The van der Waals surface area contributed by atoms with Crippen molar-refractivity contribution in [2.75, 3.05) is 19.0 Å². The van der Waals surface area contributed by atoms with Gasteiger partial charge in [-0.25, -0.2) is 9.18 Å². The standard InChI is InChI=1S/C43H66FNO12.Na/c1-10-41(16-15-33(54-41)40(8)17-18-42(57-40)21-31(46)26(5)36(55-42)27(6)35(51-9)28(7)38(47)48)37-24(3)20-32(53-37)34-23(2)19-25(4)43(50,56-34)22-52-39(49)45-30-13-11-29(44)12-14-30;/h11-14,23-28,31-37,46,50H,10,15-22H2,1-9H3,(H,45,49)(H,47,48);. The minimum atomic E-state index is -1.73. The second-order valence-corrected chi connectivity index (χ2v) is 18.3. The number of carboxylic acid groups (broad SMARTS) is 1. The summed E-state index contributed by atoms with van der Waals surface area (Å²) >= 11 is 0. The van der Waals surface area contributed by atoms with Crippen LogP contribution in [0.3, 0.4) is 0 Å². The van der Waals surface area contributed by atoms with Gasteiger partial charge in [0.25, 0.3) is 0 Å². The van der Waals surface area contributed by atoms with Crippen LogP contribution in [0.2, 0.25) is 0 Å². The second kappa shape index (κ2) is 18.5. The molecule has 5 heterocycles. The van der Waals surface area contributed by atoms with Crippen molar-refractivity contribution in [2.45, 2.75) is 172 Å². The first-order valence-electron chi connectivity index (χ1n) is 21.0. The summed E-state index contributed by atoms with van der Waals surface area (Å²) in [5.74, 6) is -5.61. The van der Waals surface area contributed by atoms with E-state index in [4.69, 9.17) is 33.2 Å². The molecule has 5 aliphatic heterocycles. The van der Waals surface area contributed by atoms with Gasteiger partial charge in [0.15, 0.2) is 5.79 Å². The number of amides is 1. The summed E-state index contributed by atoms with van der Waals surface area (Å²) in [5.41, 5.74) is -0.913. The van der Waals surface area contributed by atoms with E-state index in [0.717, 1.165) is 19.3 Å². The van der Waals surface area contributed by atoms with E-state index in [9.17, 15) is 29.3 Å². The number of rotatable bonds is 12. The third kappa shape index (κ3) is 9.47. The number of aliphatic hydroxyl groups is 2. The maximum Gasteiger partial charge on any atom is 0.411 e. The molecule has 6 rings (SSSR count). The molecule has 0 aliphatic carbocycles. The molecule has 323 valence electrons. The van der Waals surface area contributed by atoms with Gasteiger partial charge in [0.2, 0.25) is 5.79 Å². The summed E-state index contributed by atoms with van der Waals surface area (Å²) < 4.78 is 58.7. The van der Waals surface area contributed by atoms with Gasteiger partial charge in [-0.2, -0.15) is 0 Å². The average Bonchev–Trinajstić information content (AvgIpc) is 3.88. The fraction of sp³-hybridized carbons (Fsp3) is 0.814. The first kappa shape index (κ1) is 47.6. The van der Waals surface area contributed by atoms with Crippen LogP contribution in [0, 0.1) is 41.3 Å². The zero-order chi connectivity index (χ0) is 41.7. The van der Waals surface area contributed by atoms with Gasteiger partial charge in [-0.3, -0.25) is 10.1 Å². The maximum atomic E-state index is 13.3. The van der Waals surface area contributed by atoms with Gasteiger partial charge < -0.3 is 48.5 Å². The number of hydrogen-bond acceptors (Lipinski definition) is 11. The molecule has 0 aromatic heterocycles. The van der Waals surface area contributed by atoms with Crippen molar-refractivity contribution in [3.8, 4) is 0 Å². The van der Waals surface area contributed by atoms with Gasteiger partial charge >= 0.3 is 12.1 Å². The largest absolute Gasteiger partial charge is 0.481 e. The third-order valence-corrected chi connectivity index (χ3v) is 14.3. The molecule has 5 saturated heterocycles.